The molecule has 0 aliphatic rings. The Morgan fingerprint density at radius 1 is 0.684 bits per heavy atom. The number of ether oxygens (including phenoxy) is 7. The molecule has 0 aromatic carbocycles. The largest absolute Gasteiger partial charge is 0.464 e. The molecule has 4 atom stereocenters. The number of hydrogen-bond donors (Lipinski definition) is 0. The first-order valence-electron chi connectivity index (χ1n) is 10.7. The number of aromatic nitrogens is 1. The van der Waals surface area contributed by atoms with Gasteiger partial charge >= 0.3 is 41.8 Å². The second-order valence-electron chi connectivity index (χ2n) is 7.34. The Kier molecular flexibility index (Phi) is 11.9. The molecule has 1 unspecified atom stereocenters. The zero-order valence-electron chi connectivity index (χ0n) is 21.6. The molecule has 0 aliphatic carbocycles. The van der Waals surface area contributed by atoms with E-state index in [-0.39, 0.29) is 0 Å². The van der Waals surface area contributed by atoms with Gasteiger partial charge in [-0.1, -0.05) is 0 Å². The number of carbonyl (C=O) groups excluding carboxylic acids is 7. The van der Waals surface area contributed by atoms with Gasteiger partial charge in [0.1, 0.15) is 6.61 Å². The summed E-state index contributed by atoms with van der Waals surface area (Å²) >= 11 is 0. The van der Waals surface area contributed by atoms with E-state index >= 15 is 0 Å². The van der Waals surface area contributed by atoms with E-state index in [0.29, 0.717) is 0 Å². The van der Waals surface area contributed by atoms with Crippen LogP contribution in [0.5, 0.6) is 0 Å². The van der Waals surface area contributed by atoms with E-state index in [0.717, 1.165) is 48.8 Å². The van der Waals surface area contributed by atoms with Crippen molar-refractivity contribution < 1.29 is 71.1 Å². The third-order valence-corrected chi connectivity index (χ3v) is 4.29. The van der Waals surface area contributed by atoms with Crippen molar-refractivity contribution in [3.8, 4) is 0 Å². The summed E-state index contributed by atoms with van der Waals surface area (Å²) in [5.41, 5.74) is -0.687. The van der Waals surface area contributed by atoms with Crippen molar-refractivity contribution in [2.24, 2.45) is 0 Å². The molecule has 38 heavy (non-hydrogen) atoms. The molecule has 1 aromatic heterocycles. The summed E-state index contributed by atoms with van der Waals surface area (Å²) < 4.78 is 40.2. The molecule has 1 heterocycles. The number of hydrogen-bond acceptors (Lipinski definition) is 16. The predicted octanol–water partition coefficient (Wildman–Crippen LogP) is 0.210. The van der Waals surface area contributed by atoms with Crippen molar-refractivity contribution in [1.29, 1.82) is 0 Å². The first kappa shape index (κ1) is 31.5. The molecule has 0 bridgehead atoms. The van der Waals surface area contributed by atoms with Crippen LogP contribution in [0.4, 0.5) is 0 Å². The first-order chi connectivity index (χ1) is 17.7. The van der Waals surface area contributed by atoms with Gasteiger partial charge in [-0.3, -0.25) is 24.0 Å². The molecule has 0 saturated heterocycles. The monoisotopic (exact) mass is 545 g/mol. The van der Waals surface area contributed by atoms with Gasteiger partial charge in [0.05, 0.1) is 14.2 Å². The number of rotatable bonds is 12. The average Bonchev–Trinajstić information content (AvgIpc) is 3.26. The van der Waals surface area contributed by atoms with Crippen molar-refractivity contribution in [2.75, 3.05) is 20.8 Å². The summed E-state index contributed by atoms with van der Waals surface area (Å²) in [4.78, 5) is 87.5. The minimum Gasteiger partial charge on any atom is -0.464 e. The molecule has 210 valence electrons. The molecule has 16 heteroatoms. The summed E-state index contributed by atoms with van der Waals surface area (Å²) in [5, 5.41) is 0. The van der Waals surface area contributed by atoms with Gasteiger partial charge in [-0.05, 0) is 0 Å². The molecule has 0 amide bonds. The summed E-state index contributed by atoms with van der Waals surface area (Å²) in [7, 11) is 1.96. The molecule has 1 rings (SSSR count). The second kappa shape index (κ2) is 14.3. The SMILES string of the molecule is COC(=O)c1nc(C(OC(C)=O)[C@@H](OC(C)=O)[C@H](OC(C)=O)[C@@H](COC(C)=O)OC(C)=O)oc1C(=O)OC. The summed E-state index contributed by atoms with van der Waals surface area (Å²) in [5.74, 6) is -8.47. The lowest BCUT2D eigenvalue weighted by Gasteiger charge is -2.34. The molecule has 0 saturated carbocycles. The normalized spacial score (nSPS) is 13.6. The van der Waals surface area contributed by atoms with Crippen molar-refractivity contribution in [2.45, 2.75) is 59.0 Å². The molecule has 1 aromatic rings. The molecular weight excluding hydrogens is 518 g/mol. The molecule has 0 N–H and O–H groups in total. The number of carbonyl (C=O) groups is 7. The quantitative estimate of drug-likeness (QED) is 0.254. The predicted molar refractivity (Wildman–Crippen MR) is 117 cm³/mol. The van der Waals surface area contributed by atoms with E-state index in [4.69, 9.17) is 28.1 Å². The van der Waals surface area contributed by atoms with E-state index in [1.54, 1.807) is 0 Å². The van der Waals surface area contributed by atoms with Crippen molar-refractivity contribution in [1.82, 2.24) is 4.98 Å². The fraction of sp³-hybridized carbons (Fsp3) is 0.545. The topological polar surface area (TPSA) is 210 Å². The minimum absolute atomic E-state index is 0.687. The summed E-state index contributed by atoms with van der Waals surface area (Å²) in [6, 6.07) is 0. The van der Waals surface area contributed by atoms with Crippen LogP contribution >= 0.6 is 0 Å². The lowest BCUT2D eigenvalue weighted by Crippen LogP contribution is -2.50. The van der Waals surface area contributed by atoms with Gasteiger partial charge in [0.15, 0.2) is 18.3 Å². The number of nitrogens with zero attached hydrogens (tertiary/aromatic N) is 1. The highest BCUT2D eigenvalue weighted by molar-refractivity contribution is 5.99. The Morgan fingerprint density at radius 2 is 1.18 bits per heavy atom. The summed E-state index contributed by atoms with van der Waals surface area (Å²) in [6.45, 7) is 4.22. The lowest BCUT2D eigenvalue weighted by atomic mass is 10.0. The van der Waals surface area contributed by atoms with Crippen LogP contribution in [-0.2, 0) is 57.1 Å². The zero-order valence-corrected chi connectivity index (χ0v) is 21.6. The van der Waals surface area contributed by atoms with Crippen LogP contribution in [-0.4, -0.2) is 85.9 Å². The van der Waals surface area contributed by atoms with Crippen molar-refractivity contribution in [3.05, 3.63) is 17.3 Å². The third-order valence-electron chi connectivity index (χ3n) is 4.29. The Balaban J connectivity index is 3.86. The lowest BCUT2D eigenvalue weighted by molar-refractivity contribution is -0.205. The van der Waals surface area contributed by atoms with Crippen LogP contribution < -0.4 is 0 Å². The van der Waals surface area contributed by atoms with Gasteiger partial charge < -0.3 is 37.6 Å². The van der Waals surface area contributed by atoms with Crippen molar-refractivity contribution in [3.63, 3.8) is 0 Å². The standard InChI is InChI=1S/C22H27NO15/c1-9(24)33-8-14(34-10(2)25)16(35-11(3)26)18(36-12(4)27)19(37-13(5)28)20-23-15(21(29)31-6)17(38-20)22(30)32-7/h14,16,18-19H,8H2,1-7H3/t14-,16-,18+,19?/m1/s1. The second-order valence-corrected chi connectivity index (χ2v) is 7.34. The fourth-order valence-corrected chi connectivity index (χ4v) is 3.01. The van der Waals surface area contributed by atoms with Gasteiger partial charge in [-0.25, -0.2) is 14.6 Å². The highest BCUT2D eigenvalue weighted by atomic mass is 16.6. The Morgan fingerprint density at radius 3 is 1.63 bits per heavy atom. The van der Waals surface area contributed by atoms with Crippen molar-refractivity contribution >= 4 is 41.8 Å². The van der Waals surface area contributed by atoms with Gasteiger partial charge in [-0.2, -0.15) is 0 Å². The van der Waals surface area contributed by atoms with Crippen LogP contribution in [0.2, 0.25) is 0 Å². The van der Waals surface area contributed by atoms with Crippen LogP contribution in [0, 0.1) is 0 Å². The maximum atomic E-state index is 12.2. The highest BCUT2D eigenvalue weighted by Crippen LogP contribution is 2.31. The van der Waals surface area contributed by atoms with E-state index in [1.165, 1.54) is 0 Å². The van der Waals surface area contributed by atoms with E-state index in [2.05, 4.69) is 14.5 Å². The fourth-order valence-electron chi connectivity index (χ4n) is 3.01. The first-order valence-corrected chi connectivity index (χ1v) is 10.7. The van der Waals surface area contributed by atoms with E-state index in [1.807, 2.05) is 0 Å². The molecular formula is C22H27NO15. The number of methoxy groups -OCH3 is 2. The van der Waals surface area contributed by atoms with E-state index < -0.39 is 90.2 Å². The highest BCUT2D eigenvalue weighted by Gasteiger charge is 2.47. The molecule has 0 fully saturated rings. The Hall–Kier alpha value is -4.50. The van der Waals surface area contributed by atoms with Crippen LogP contribution in [0.3, 0.4) is 0 Å². The Labute approximate surface area is 215 Å². The summed E-state index contributed by atoms with van der Waals surface area (Å²) in [6.07, 6.45) is -7.23. The van der Waals surface area contributed by atoms with Gasteiger partial charge in [0.25, 0.3) is 0 Å². The molecule has 0 spiro atoms. The Bertz CT molecular complexity index is 1040. The van der Waals surface area contributed by atoms with Gasteiger partial charge in [0, 0.05) is 34.6 Å². The smallest absolute Gasteiger partial charge is 0.376 e. The maximum absolute atomic E-state index is 12.2. The maximum Gasteiger partial charge on any atom is 0.376 e. The average molecular weight is 545 g/mol. The zero-order chi connectivity index (χ0) is 29.2. The van der Waals surface area contributed by atoms with Gasteiger partial charge in [-0.15, -0.1) is 0 Å². The minimum atomic E-state index is -1.92. The van der Waals surface area contributed by atoms with Gasteiger partial charge in [0.2, 0.25) is 23.4 Å². The van der Waals surface area contributed by atoms with Crippen LogP contribution in [0.25, 0.3) is 0 Å². The van der Waals surface area contributed by atoms with E-state index in [9.17, 15) is 33.6 Å². The number of esters is 7. The molecule has 0 radical (unpaired) electrons. The molecule has 16 nitrogen and oxygen atoms in total. The number of oxazole rings is 1. The van der Waals surface area contributed by atoms with Crippen LogP contribution in [0.15, 0.2) is 4.42 Å². The third kappa shape index (κ3) is 9.18. The molecule has 0 aliphatic heterocycles. The van der Waals surface area contributed by atoms with Crippen LogP contribution in [0.1, 0.15) is 67.7 Å².